The zero-order valence-electron chi connectivity index (χ0n) is 10.7. The molecule has 0 aliphatic rings. The van der Waals surface area contributed by atoms with Crippen LogP contribution in [0, 0.1) is 6.92 Å². The van der Waals surface area contributed by atoms with Crippen LogP contribution in [0.3, 0.4) is 0 Å². The lowest BCUT2D eigenvalue weighted by molar-refractivity contribution is 0.235. The fraction of sp³-hybridized carbons (Fsp3) is 0.308. The lowest BCUT2D eigenvalue weighted by Crippen LogP contribution is -2.36. The largest absolute Gasteiger partial charge is 0.464 e. The summed E-state index contributed by atoms with van der Waals surface area (Å²) in [6, 6.07) is 7.05. The predicted molar refractivity (Wildman–Crippen MR) is 76.6 cm³/mol. The topological polar surface area (TPSA) is 54.3 Å². The Morgan fingerprint density at radius 1 is 1.42 bits per heavy atom. The van der Waals surface area contributed by atoms with Gasteiger partial charge in [-0.05, 0) is 38.1 Å². The van der Waals surface area contributed by atoms with Crippen LogP contribution in [0.1, 0.15) is 29.4 Å². The number of aryl methyl sites for hydroxylation is 1. The van der Waals surface area contributed by atoms with Gasteiger partial charge >= 0.3 is 6.03 Å². The van der Waals surface area contributed by atoms with Gasteiger partial charge in [-0.2, -0.15) is 0 Å². The molecule has 0 bridgehead atoms. The fourth-order valence-corrected chi connectivity index (χ4v) is 2.65. The Hall–Kier alpha value is -1.46. The summed E-state index contributed by atoms with van der Waals surface area (Å²) in [5, 5.41) is 5.59. The van der Waals surface area contributed by atoms with Crippen LogP contribution in [0.2, 0.25) is 4.34 Å². The normalized spacial score (nSPS) is 12.2. The van der Waals surface area contributed by atoms with Crippen molar-refractivity contribution in [2.45, 2.75) is 26.4 Å². The first-order valence-corrected chi connectivity index (χ1v) is 7.09. The van der Waals surface area contributed by atoms with Gasteiger partial charge in [-0.1, -0.05) is 11.6 Å². The average Bonchev–Trinajstić information content (AvgIpc) is 2.95. The monoisotopic (exact) mass is 298 g/mol. The van der Waals surface area contributed by atoms with E-state index >= 15 is 0 Å². The number of thiophene rings is 1. The smallest absolute Gasteiger partial charge is 0.315 e. The second-order valence-corrected chi connectivity index (χ2v) is 6.00. The van der Waals surface area contributed by atoms with Gasteiger partial charge in [0.05, 0.1) is 16.9 Å². The molecule has 1 atom stereocenters. The third-order valence-electron chi connectivity index (χ3n) is 2.59. The van der Waals surface area contributed by atoms with Crippen LogP contribution in [0.25, 0.3) is 0 Å². The summed E-state index contributed by atoms with van der Waals surface area (Å²) in [4.78, 5) is 12.7. The Balaban J connectivity index is 1.81. The third kappa shape index (κ3) is 4.01. The molecule has 0 aliphatic heterocycles. The van der Waals surface area contributed by atoms with Crippen molar-refractivity contribution in [2.24, 2.45) is 0 Å². The molecule has 2 rings (SSSR count). The van der Waals surface area contributed by atoms with E-state index in [-0.39, 0.29) is 12.1 Å². The molecule has 2 heterocycles. The number of rotatable bonds is 4. The van der Waals surface area contributed by atoms with Gasteiger partial charge in [0, 0.05) is 4.88 Å². The van der Waals surface area contributed by atoms with Crippen molar-refractivity contribution in [3.05, 3.63) is 45.0 Å². The van der Waals surface area contributed by atoms with Crippen LogP contribution in [-0.4, -0.2) is 6.03 Å². The first kappa shape index (κ1) is 14.0. The van der Waals surface area contributed by atoms with Gasteiger partial charge in [0.1, 0.15) is 11.5 Å². The van der Waals surface area contributed by atoms with Gasteiger partial charge < -0.3 is 15.1 Å². The molecule has 102 valence electrons. The maximum Gasteiger partial charge on any atom is 0.315 e. The minimum absolute atomic E-state index is 0.166. The van der Waals surface area contributed by atoms with Crippen LogP contribution >= 0.6 is 22.9 Å². The second-order valence-electron chi connectivity index (χ2n) is 4.20. The van der Waals surface area contributed by atoms with E-state index in [9.17, 15) is 4.79 Å². The lowest BCUT2D eigenvalue weighted by atomic mass is 10.2. The summed E-state index contributed by atoms with van der Waals surface area (Å²) >= 11 is 7.27. The zero-order chi connectivity index (χ0) is 13.8. The SMILES string of the molecule is Cc1ccc([C@H](C)NC(=O)NCc2ccc(Cl)s2)o1. The molecule has 2 aromatic rings. The van der Waals surface area contributed by atoms with Crippen molar-refractivity contribution in [2.75, 3.05) is 0 Å². The quantitative estimate of drug-likeness (QED) is 0.900. The summed E-state index contributed by atoms with van der Waals surface area (Å²) < 4.78 is 6.17. The number of nitrogens with one attached hydrogen (secondary N) is 2. The summed E-state index contributed by atoms with van der Waals surface area (Å²) in [5.41, 5.74) is 0. The Morgan fingerprint density at radius 3 is 2.79 bits per heavy atom. The van der Waals surface area contributed by atoms with Gasteiger partial charge in [-0.3, -0.25) is 0 Å². The Bertz CT molecular complexity index is 564. The van der Waals surface area contributed by atoms with E-state index in [1.807, 2.05) is 38.1 Å². The maximum absolute atomic E-state index is 11.7. The minimum Gasteiger partial charge on any atom is -0.464 e. The standard InChI is InChI=1S/C13H15ClN2O2S/c1-8-3-5-11(18-8)9(2)16-13(17)15-7-10-4-6-12(14)19-10/h3-6,9H,7H2,1-2H3,(H2,15,16,17)/t9-/m0/s1. The van der Waals surface area contributed by atoms with Crippen molar-refractivity contribution in [1.29, 1.82) is 0 Å². The summed E-state index contributed by atoms with van der Waals surface area (Å²) in [7, 11) is 0. The molecule has 0 aliphatic carbocycles. The van der Waals surface area contributed by atoms with Crippen molar-refractivity contribution in [3.63, 3.8) is 0 Å². The highest BCUT2D eigenvalue weighted by Crippen LogP contribution is 2.21. The summed E-state index contributed by atoms with van der Waals surface area (Å²) in [6.07, 6.45) is 0. The van der Waals surface area contributed by atoms with Crippen LogP contribution in [0.15, 0.2) is 28.7 Å². The molecule has 2 amide bonds. The molecule has 0 unspecified atom stereocenters. The van der Waals surface area contributed by atoms with E-state index in [1.165, 1.54) is 11.3 Å². The molecule has 2 aromatic heterocycles. The second kappa shape index (κ2) is 6.12. The van der Waals surface area contributed by atoms with Gasteiger partial charge in [0.2, 0.25) is 0 Å². The van der Waals surface area contributed by atoms with Crippen LogP contribution in [-0.2, 0) is 6.54 Å². The number of urea groups is 1. The number of carbonyl (C=O) groups is 1. The van der Waals surface area contributed by atoms with Crippen LogP contribution < -0.4 is 10.6 Å². The van der Waals surface area contributed by atoms with Crippen molar-refractivity contribution < 1.29 is 9.21 Å². The average molecular weight is 299 g/mol. The minimum atomic E-state index is -0.230. The summed E-state index contributed by atoms with van der Waals surface area (Å²) in [6.45, 7) is 4.21. The van der Waals surface area contributed by atoms with E-state index in [1.54, 1.807) is 0 Å². The number of furan rings is 1. The highest BCUT2D eigenvalue weighted by Gasteiger charge is 2.12. The van der Waals surface area contributed by atoms with E-state index in [4.69, 9.17) is 16.0 Å². The number of hydrogen-bond acceptors (Lipinski definition) is 3. The van der Waals surface area contributed by atoms with Gasteiger partial charge in [0.25, 0.3) is 0 Å². The fourth-order valence-electron chi connectivity index (χ4n) is 1.62. The molecule has 19 heavy (non-hydrogen) atoms. The third-order valence-corrected chi connectivity index (χ3v) is 3.82. The van der Waals surface area contributed by atoms with E-state index in [2.05, 4.69) is 10.6 Å². The molecule has 0 spiro atoms. The molecule has 0 radical (unpaired) electrons. The molecule has 0 saturated heterocycles. The molecular formula is C13H15ClN2O2S. The highest BCUT2D eigenvalue weighted by atomic mass is 35.5. The van der Waals surface area contributed by atoms with Gasteiger partial charge in [0.15, 0.2) is 0 Å². The van der Waals surface area contributed by atoms with E-state index < -0.39 is 0 Å². The number of halogens is 1. The Kier molecular flexibility index (Phi) is 4.50. The number of amides is 2. The molecule has 4 nitrogen and oxygen atoms in total. The molecule has 0 aromatic carbocycles. The Morgan fingerprint density at radius 2 is 2.21 bits per heavy atom. The van der Waals surface area contributed by atoms with E-state index in [0.717, 1.165) is 20.7 Å². The Labute approximate surface area is 120 Å². The maximum atomic E-state index is 11.7. The summed E-state index contributed by atoms with van der Waals surface area (Å²) in [5.74, 6) is 1.57. The predicted octanol–water partition coefficient (Wildman–Crippen LogP) is 3.86. The number of hydrogen-bond donors (Lipinski definition) is 2. The van der Waals surface area contributed by atoms with Gasteiger partial charge in [-0.15, -0.1) is 11.3 Å². The highest BCUT2D eigenvalue weighted by molar-refractivity contribution is 7.16. The molecule has 6 heteroatoms. The van der Waals surface area contributed by atoms with Crippen molar-refractivity contribution in [1.82, 2.24) is 10.6 Å². The van der Waals surface area contributed by atoms with Crippen LogP contribution in [0.5, 0.6) is 0 Å². The van der Waals surface area contributed by atoms with E-state index in [0.29, 0.717) is 6.54 Å². The zero-order valence-corrected chi connectivity index (χ0v) is 12.3. The molecule has 0 saturated carbocycles. The lowest BCUT2D eigenvalue weighted by Gasteiger charge is -2.12. The van der Waals surface area contributed by atoms with Crippen LogP contribution in [0.4, 0.5) is 4.79 Å². The van der Waals surface area contributed by atoms with Gasteiger partial charge in [-0.25, -0.2) is 4.79 Å². The van der Waals surface area contributed by atoms with Crippen molar-refractivity contribution in [3.8, 4) is 0 Å². The number of carbonyl (C=O) groups excluding carboxylic acids is 1. The molecular weight excluding hydrogens is 284 g/mol. The first-order chi connectivity index (χ1) is 9.04. The molecule has 2 N–H and O–H groups in total. The molecule has 0 fully saturated rings. The van der Waals surface area contributed by atoms with Crippen molar-refractivity contribution >= 4 is 29.0 Å². The first-order valence-electron chi connectivity index (χ1n) is 5.89.